The third-order valence-electron chi connectivity index (χ3n) is 4.85. The first-order chi connectivity index (χ1) is 12.5. The lowest BCUT2D eigenvalue weighted by Gasteiger charge is -2.31. The molecule has 0 amide bonds. The molecular formula is C18H21N5O2S. The van der Waals surface area contributed by atoms with Crippen LogP contribution in [0.4, 0.5) is 0 Å². The Hall–Kier alpha value is -2.32. The summed E-state index contributed by atoms with van der Waals surface area (Å²) in [5.74, 6) is 0.975. The molecule has 136 valence electrons. The SMILES string of the molecule is CS(=O)(=O)N1CCC[C@@H](Cc2cncc(-c3cnc4ncccn34)c2)C1. The van der Waals surface area contributed by atoms with E-state index in [1.54, 1.807) is 16.7 Å². The topological polar surface area (TPSA) is 80.5 Å². The summed E-state index contributed by atoms with van der Waals surface area (Å²) in [6, 6.07) is 3.99. The van der Waals surface area contributed by atoms with E-state index < -0.39 is 10.0 Å². The van der Waals surface area contributed by atoms with Gasteiger partial charge in [-0.3, -0.25) is 9.38 Å². The van der Waals surface area contributed by atoms with Gasteiger partial charge in [0.1, 0.15) is 0 Å². The van der Waals surface area contributed by atoms with E-state index in [-0.39, 0.29) is 0 Å². The maximum absolute atomic E-state index is 11.8. The van der Waals surface area contributed by atoms with Crippen molar-refractivity contribution < 1.29 is 8.42 Å². The van der Waals surface area contributed by atoms with Crippen molar-refractivity contribution in [2.45, 2.75) is 19.3 Å². The van der Waals surface area contributed by atoms with Crippen LogP contribution < -0.4 is 0 Å². The van der Waals surface area contributed by atoms with Gasteiger partial charge in [0, 0.05) is 43.4 Å². The van der Waals surface area contributed by atoms with E-state index in [0.717, 1.165) is 36.1 Å². The number of pyridine rings is 1. The molecule has 0 unspecified atom stereocenters. The van der Waals surface area contributed by atoms with Gasteiger partial charge in [-0.05, 0) is 42.9 Å². The van der Waals surface area contributed by atoms with Crippen molar-refractivity contribution in [1.82, 2.24) is 23.7 Å². The van der Waals surface area contributed by atoms with E-state index in [1.165, 1.54) is 6.26 Å². The van der Waals surface area contributed by atoms with E-state index in [1.807, 2.05) is 29.1 Å². The number of aromatic nitrogens is 4. The molecule has 1 saturated heterocycles. The number of hydrogen-bond donors (Lipinski definition) is 0. The summed E-state index contributed by atoms with van der Waals surface area (Å²) in [5.41, 5.74) is 3.05. The Balaban J connectivity index is 1.57. The van der Waals surface area contributed by atoms with Gasteiger partial charge in [0.05, 0.1) is 18.1 Å². The first-order valence-corrected chi connectivity index (χ1v) is 10.5. The van der Waals surface area contributed by atoms with Crippen LogP contribution >= 0.6 is 0 Å². The van der Waals surface area contributed by atoms with Gasteiger partial charge in [-0.1, -0.05) is 0 Å². The van der Waals surface area contributed by atoms with Crippen LogP contribution in [0.3, 0.4) is 0 Å². The van der Waals surface area contributed by atoms with Crippen LogP contribution in [0.2, 0.25) is 0 Å². The summed E-state index contributed by atoms with van der Waals surface area (Å²) in [6.07, 6.45) is 13.2. The molecule has 0 saturated carbocycles. The molecule has 8 heteroatoms. The summed E-state index contributed by atoms with van der Waals surface area (Å²) in [6.45, 7) is 1.21. The fourth-order valence-electron chi connectivity index (χ4n) is 3.61. The smallest absolute Gasteiger partial charge is 0.234 e. The summed E-state index contributed by atoms with van der Waals surface area (Å²) >= 11 is 0. The van der Waals surface area contributed by atoms with Gasteiger partial charge in [-0.15, -0.1) is 0 Å². The predicted molar refractivity (Wildman–Crippen MR) is 99.1 cm³/mol. The largest absolute Gasteiger partial charge is 0.284 e. The normalized spacial score (nSPS) is 19.0. The lowest BCUT2D eigenvalue weighted by Crippen LogP contribution is -2.39. The number of nitrogens with zero attached hydrogens (tertiary/aromatic N) is 5. The fraction of sp³-hybridized carbons (Fsp3) is 0.389. The van der Waals surface area contributed by atoms with Gasteiger partial charge >= 0.3 is 0 Å². The van der Waals surface area contributed by atoms with Crippen LogP contribution in [0.15, 0.2) is 43.1 Å². The molecule has 1 aliphatic rings. The van der Waals surface area contributed by atoms with Gasteiger partial charge < -0.3 is 0 Å². The monoisotopic (exact) mass is 371 g/mol. The number of piperidine rings is 1. The average Bonchev–Trinajstić information content (AvgIpc) is 3.06. The zero-order valence-corrected chi connectivity index (χ0v) is 15.4. The van der Waals surface area contributed by atoms with E-state index >= 15 is 0 Å². The molecular weight excluding hydrogens is 350 g/mol. The molecule has 0 N–H and O–H groups in total. The molecule has 0 radical (unpaired) electrons. The van der Waals surface area contributed by atoms with Crippen molar-refractivity contribution in [2.24, 2.45) is 5.92 Å². The molecule has 1 atom stereocenters. The molecule has 7 nitrogen and oxygen atoms in total. The van der Waals surface area contributed by atoms with Crippen LogP contribution in [-0.2, 0) is 16.4 Å². The Morgan fingerprint density at radius 2 is 2.12 bits per heavy atom. The lowest BCUT2D eigenvalue weighted by molar-refractivity contribution is 0.266. The molecule has 0 spiro atoms. The highest BCUT2D eigenvalue weighted by molar-refractivity contribution is 7.88. The highest BCUT2D eigenvalue weighted by Gasteiger charge is 2.26. The average molecular weight is 371 g/mol. The van der Waals surface area contributed by atoms with E-state index in [4.69, 9.17) is 0 Å². The highest BCUT2D eigenvalue weighted by atomic mass is 32.2. The van der Waals surface area contributed by atoms with Gasteiger partial charge in [-0.25, -0.2) is 22.7 Å². The summed E-state index contributed by atoms with van der Waals surface area (Å²) in [4.78, 5) is 13.0. The van der Waals surface area contributed by atoms with Crippen molar-refractivity contribution in [3.8, 4) is 11.3 Å². The Labute approximate surface area is 152 Å². The Bertz CT molecular complexity index is 1030. The molecule has 4 heterocycles. The second-order valence-corrected chi connectivity index (χ2v) is 8.83. The summed E-state index contributed by atoms with van der Waals surface area (Å²) < 4.78 is 27.2. The minimum absolute atomic E-state index is 0.319. The maximum atomic E-state index is 11.8. The minimum Gasteiger partial charge on any atom is -0.284 e. The molecule has 3 aromatic heterocycles. The first-order valence-electron chi connectivity index (χ1n) is 8.68. The van der Waals surface area contributed by atoms with Crippen LogP contribution in [0, 0.1) is 5.92 Å². The quantitative estimate of drug-likeness (QED) is 0.701. The van der Waals surface area contributed by atoms with Crippen LogP contribution in [0.25, 0.3) is 17.0 Å². The van der Waals surface area contributed by atoms with Crippen LogP contribution in [0.5, 0.6) is 0 Å². The third kappa shape index (κ3) is 3.47. The Kier molecular flexibility index (Phi) is 4.46. The van der Waals surface area contributed by atoms with Crippen molar-refractivity contribution >= 4 is 15.8 Å². The molecule has 0 aliphatic carbocycles. The van der Waals surface area contributed by atoms with Crippen LogP contribution in [0.1, 0.15) is 18.4 Å². The molecule has 4 rings (SSSR count). The van der Waals surface area contributed by atoms with Gasteiger partial charge in [0.25, 0.3) is 0 Å². The summed E-state index contributed by atoms with van der Waals surface area (Å²) in [5, 5.41) is 0. The number of hydrogen-bond acceptors (Lipinski definition) is 5. The number of fused-ring (bicyclic) bond motifs is 1. The van der Waals surface area contributed by atoms with E-state index in [0.29, 0.717) is 24.8 Å². The zero-order valence-electron chi connectivity index (χ0n) is 14.6. The highest BCUT2D eigenvalue weighted by Crippen LogP contribution is 2.25. The predicted octanol–water partition coefficient (Wildman–Crippen LogP) is 2.01. The standard InChI is InChI=1S/C18H21N5O2S/c1-26(24,25)22-6-2-4-14(13-22)8-15-9-16(11-19-10-15)17-12-21-18-20-5-3-7-23(17)18/h3,5,7,9-12,14H,2,4,6,8,13H2,1H3/t14-/m0/s1. The van der Waals surface area contributed by atoms with Crippen molar-refractivity contribution in [3.63, 3.8) is 0 Å². The number of rotatable bonds is 4. The molecule has 1 fully saturated rings. The van der Waals surface area contributed by atoms with Crippen molar-refractivity contribution in [2.75, 3.05) is 19.3 Å². The fourth-order valence-corrected chi connectivity index (χ4v) is 4.55. The molecule has 26 heavy (non-hydrogen) atoms. The zero-order chi connectivity index (χ0) is 18.1. The number of imidazole rings is 1. The Morgan fingerprint density at radius 3 is 2.96 bits per heavy atom. The van der Waals surface area contributed by atoms with E-state index in [2.05, 4.69) is 21.0 Å². The van der Waals surface area contributed by atoms with Crippen LogP contribution in [-0.4, -0.2) is 51.4 Å². The lowest BCUT2D eigenvalue weighted by atomic mass is 9.92. The minimum atomic E-state index is -3.12. The molecule has 1 aliphatic heterocycles. The molecule has 0 bridgehead atoms. The van der Waals surface area contributed by atoms with Crippen molar-refractivity contribution in [1.29, 1.82) is 0 Å². The van der Waals surface area contributed by atoms with Gasteiger partial charge in [0.15, 0.2) is 0 Å². The van der Waals surface area contributed by atoms with E-state index in [9.17, 15) is 8.42 Å². The first kappa shape index (κ1) is 17.1. The second kappa shape index (κ2) is 6.77. The maximum Gasteiger partial charge on any atom is 0.234 e. The van der Waals surface area contributed by atoms with Gasteiger partial charge in [0.2, 0.25) is 15.8 Å². The molecule has 0 aromatic carbocycles. The third-order valence-corrected chi connectivity index (χ3v) is 6.12. The summed E-state index contributed by atoms with van der Waals surface area (Å²) in [7, 11) is -3.12. The van der Waals surface area contributed by atoms with Crippen molar-refractivity contribution in [3.05, 3.63) is 48.7 Å². The number of sulfonamides is 1. The Morgan fingerprint density at radius 1 is 1.23 bits per heavy atom. The second-order valence-electron chi connectivity index (χ2n) is 6.85. The molecule has 3 aromatic rings. The van der Waals surface area contributed by atoms with Gasteiger partial charge in [-0.2, -0.15) is 0 Å².